The molecule has 0 aromatic heterocycles. The fraction of sp³-hybridized carbons (Fsp3) is 0.222. The van der Waals surface area contributed by atoms with Gasteiger partial charge in [0, 0.05) is 14.1 Å². The highest BCUT2D eigenvalue weighted by Crippen LogP contribution is 2.47. The molecule has 0 fully saturated rings. The summed E-state index contributed by atoms with van der Waals surface area (Å²) in [5, 5.41) is 9.01. The number of amides is 1. The van der Waals surface area contributed by atoms with E-state index >= 15 is 0 Å². The highest BCUT2D eigenvalue weighted by atomic mass is 35.5. The standard InChI is InChI=1S/C6HCl5O.C3H7NO/c7-1-2(8)4(10)6(12)5(11)3(1)9;1-4(2)3-5/h12H;3H,1-2H3. The first kappa shape index (κ1) is 16.9. The Labute approximate surface area is 124 Å². The normalized spacial score (nSPS) is 9.35. The molecule has 0 aliphatic heterocycles. The Kier molecular flexibility index (Phi) is 7.37. The maximum atomic E-state index is 9.43. The number of carbonyl (C=O) groups is 1. The van der Waals surface area contributed by atoms with E-state index in [1.54, 1.807) is 14.1 Å². The summed E-state index contributed by atoms with van der Waals surface area (Å²) in [6.45, 7) is 0. The highest BCUT2D eigenvalue weighted by Gasteiger charge is 2.18. The van der Waals surface area contributed by atoms with Crippen molar-refractivity contribution in [2.75, 3.05) is 14.1 Å². The summed E-state index contributed by atoms with van der Waals surface area (Å²) in [7, 11) is 3.38. The van der Waals surface area contributed by atoms with Gasteiger partial charge in [0.15, 0.2) is 5.75 Å². The van der Waals surface area contributed by atoms with Crippen molar-refractivity contribution >= 4 is 64.4 Å². The molecule has 1 aromatic rings. The Morgan fingerprint density at radius 2 is 1.12 bits per heavy atom. The largest absolute Gasteiger partial charge is 0.505 e. The van der Waals surface area contributed by atoms with Gasteiger partial charge < -0.3 is 10.0 Å². The van der Waals surface area contributed by atoms with Gasteiger partial charge in [-0.1, -0.05) is 58.0 Å². The molecule has 0 bridgehead atoms. The second-order valence-electron chi connectivity index (χ2n) is 2.99. The van der Waals surface area contributed by atoms with Crippen LogP contribution in [0.2, 0.25) is 25.1 Å². The predicted octanol–water partition coefficient (Wildman–Crippen LogP) is 4.36. The SMILES string of the molecule is CN(C)C=O.Oc1c(Cl)c(Cl)c(Cl)c(Cl)c1Cl. The fourth-order valence-electron chi connectivity index (χ4n) is 0.593. The molecule has 0 aliphatic carbocycles. The van der Waals surface area contributed by atoms with E-state index in [1.807, 2.05) is 0 Å². The van der Waals surface area contributed by atoms with Crippen molar-refractivity contribution in [3.63, 3.8) is 0 Å². The molecule has 0 radical (unpaired) electrons. The fourth-order valence-corrected chi connectivity index (χ4v) is 1.72. The smallest absolute Gasteiger partial charge is 0.209 e. The Balaban J connectivity index is 0.000000437. The quantitative estimate of drug-likeness (QED) is 0.469. The van der Waals surface area contributed by atoms with E-state index in [1.165, 1.54) is 4.90 Å². The van der Waals surface area contributed by atoms with E-state index in [9.17, 15) is 9.90 Å². The van der Waals surface area contributed by atoms with Crippen LogP contribution < -0.4 is 0 Å². The van der Waals surface area contributed by atoms with Gasteiger partial charge in [0.05, 0.1) is 15.1 Å². The van der Waals surface area contributed by atoms with Gasteiger partial charge in [0.1, 0.15) is 10.0 Å². The van der Waals surface area contributed by atoms with E-state index in [-0.39, 0.29) is 30.9 Å². The Morgan fingerprint density at radius 3 is 1.35 bits per heavy atom. The molecule has 1 aromatic carbocycles. The molecule has 96 valence electrons. The number of hydrogen-bond acceptors (Lipinski definition) is 2. The minimum absolute atomic E-state index is 0.00904. The summed E-state index contributed by atoms with van der Waals surface area (Å²) in [4.78, 5) is 10.9. The van der Waals surface area contributed by atoms with Crippen LogP contribution in [0, 0.1) is 0 Å². The van der Waals surface area contributed by atoms with Gasteiger partial charge in [0.2, 0.25) is 6.41 Å². The van der Waals surface area contributed by atoms with E-state index in [4.69, 9.17) is 58.0 Å². The first-order valence-electron chi connectivity index (χ1n) is 4.06. The Hall–Kier alpha value is -0.0600. The van der Waals surface area contributed by atoms with Crippen LogP contribution in [-0.4, -0.2) is 30.5 Å². The zero-order valence-electron chi connectivity index (χ0n) is 8.77. The minimum Gasteiger partial charge on any atom is -0.505 e. The molecule has 1 N–H and O–H groups in total. The molecule has 1 amide bonds. The molecular weight excluding hydrogens is 331 g/mol. The van der Waals surface area contributed by atoms with Crippen molar-refractivity contribution < 1.29 is 9.90 Å². The van der Waals surface area contributed by atoms with Crippen LogP contribution in [0.25, 0.3) is 0 Å². The van der Waals surface area contributed by atoms with Crippen molar-refractivity contribution in [3.05, 3.63) is 25.1 Å². The van der Waals surface area contributed by atoms with Gasteiger partial charge in [-0.25, -0.2) is 0 Å². The van der Waals surface area contributed by atoms with Crippen LogP contribution in [-0.2, 0) is 4.79 Å². The van der Waals surface area contributed by atoms with Crippen LogP contribution in [0.4, 0.5) is 0 Å². The first-order chi connectivity index (χ1) is 7.73. The average Bonchev–Trinajstić information content (AvgIpc) is 2.32. The average molecular weight is 339 g/mol. The van der Waals surface area contributed by atoms with Gasteiger partial charge in [0.25, 0.3) is 0 Å². The van der Waals surface area contributed by atoms with E-state index in [0.29, 0.717) is 0 Å². The zero-order chi connectivity index (χ0) is 13.7. The van der Waals surface area contributed by atoms with Gasteiger partial charge in [-0.15, -0.1) is 0 Å². The van der Waals surface area contributed by atoms with E-state index in [2.05, 4.69) is 0 Å². The number of aromatic hydroxyl groups is 1. The van der Waals surface area contributed by atoms with Crippen molar-refractivity contribution in [2.45, 2.75) is 0 Å². The second kappa shape index (κ2) is 7.39. The predicted molar refractivity (Wildman–Crippen MR) is 72.9 cm³/mol. The van der Waals surface area contributed by atoms with Crippen molar-refractivity contribution in [2.24, 2.45) is 0 Å². The number of halogens is 5. The van der Waals surface area contributed by atoms with Gasteiger partial charge in [-0.05, 0) is 0 Å². The summed E-state index contributed by atoms with van der Waals surface area (Å²) < 4.78 is 0. The molecule has 8 heteroatoms. The molecule has 3 nitrogen and oxygen atoms in total. The van der Waals surface area contributed by atoms with Crippen LogP contribution in [0.1, 0.15) is 0 Å². The number of benzene rings is 1. The number of carbonyl (C=O) groups excluding carboxylic acids is 1. The maximum Gasteiger partial charge on any atom is 0.209 e. The van der Waals surface area contributed by atoms with Crippen molar-refractivity contribution in [1.82, 2.24) is 4.90 Å². The number of rotatable bonds is 1. The molecule has 0 atom stereocenters. The third-order valence-electron chi connectivity index (χ3n) is 1.40. The maximum absolute atomic E-state index is 9.43. The van der Waals surface area contributed by atoms with Crippen LogP contribution in [0.5, 0.6) is 5.75 Å². The molecular formula is C9H8Cl5NO2. The summed E-state index contributed by atoms with van der Waals surface area (Å²) >= 11 is 27.9. The molecule has 0 aliphatic rings. The number of hydrogen-bond donors (Lipinski definition) is 1. The number of phenols is 1. The lowest BCUT2D eigenvalue weighted by Gasteiger charge is -2.06. The minimum atomic E-state index is -0.363. The molecule has 0 unspecified atom stereocenters. The van der Waals surface area contributed by atoms with Gasteiger partial charge >= 0.3 is 0 Å². The molecule has 0 heterocycles. The van der Waals surface area contributed by atoms with E-state index in [0.717, 1.165) is 6.41 Å². The van der Waals surface area contributed by atoms with Gasteiger partial charge in [-0.2, -0.15) is 0 Å². The Morgan fingerprint density at radius 1 is 0.882 bits per heavy atom. The lowest BCUT2D eigenvalue weighted by molar-refractivity contribution is -0.115. The Bertz CT molecular complexity index is 317. The van der Waals surface area contributed by atoms with Crippen molar-refractivity contribution in [3.8, 4) is 5.75 Å². The molecule has 0 saturated heterocycles. The van der Waals surface area contributed by atoms with Crippen LogP contribution in [0.15, 0.2) is 0 Å². The third-order valence-corrected chi connectivity index (χ3v) is 3.65. The summed E-state index contributed by atoms with van der Waals surface area (Å²) in [6, 6.07) is 0. The first-order valence-corrected chi connectivity index (χ1v) is 5.95. The highest BCUT2D eigenvalue weighted by molar-refractivity contribution is 6.55. The monoisotopic (exact) mass is 337 g/mol. The summed E-state index contributed by atoms with van der Waals surface area (Å²) in [6.07, 6.45) is 0.750. The van der Waals surface area contributed by atoms with Crippen LogP contribution in [0.3, 0.4) is 0 Å². The lowest BCUT2D eigenvalue weighted by Crippen LogP contribution is -2.06. The zero-order valence-corrected chi connectivity index (χ0v) is 12.5. The van der Waals surface area contributed by atoms with Gasteiger partial charge in [-0.3, -0.25) is 4.79 Å². The van der Waals surface area contributed by atoms with E-state index < -0.39 is 0 Å². The van der Waals surface area contributed by atoms with Crippen molar-refractivity contribution in [1.29, 1.82) is 0 Å². The number of phenolic OH excluding ortho intramolecular Hbond substituents is 1. The second-order valence-corrected chi connectivity index (χ2v) is 4.88. The number of nitrogens with zero attached hydrogens (tertiary/aromatic N) is 1. The summed E-state index contributed by atoms with van der Waals surface area (Å²) in [5.74, 6) is -0.363. The third kappa shape index (κ3) is 4.60. The topological polar surface area (TPSA) is 40.5 Å². The molecule has 17 heavy (non-hydrogen) atoms. The molecule has 0 saturated carbocycles. The molecule has 1 rings (SSSR count). The molecule has 0 spiro atoms. The summed E-state index contributed by atoms with van der Waals surface area (Å²) in [5.41, 5.74) is 0. The van der Waals surface area contributed by atoms with Crippen LogP contribution >= 0.6 is 58.0 Å². The lowest BCUT2D eigenvalue weighted by atomic mass is 10.3.